The van der Waals surface area contributed by atoms with E-state index in [4.69, 9.17) is 16.6 Å². The Labute approximate surface area is 209 Å². The predicted octanol–water partition coefficient (Wildman–Crippen LogP) is 4.51. The van der Waals surface area contributed by atoms with Crippen LogP contribution in [-0.4, -0.2) is 48.5 Å². The van der Waals surface area contributed by atoms with Crippen molar-refractivity contribution >= 4 is 33.4 Å². The van der Waals surface area contributed by atoms with E-state index in [2.05, 4.69) is 49.7 Å². The predicted molar refractivity (Wildman–Crippen MR) is 136 cm³/mol. The van der Waals surface area contributed by atoms with Crippen molar-refractivity contribution in [2.75, 3.05) is 32.7 Å². The van der Waals surface area contributed by atoms with Gasteiger partial charge in [0.15, 0.2) is 0 Å². The molecule has 0 saturated carbocycles. The lowest BCUT2D eigenvalue weighted by molar-refractivity contribution is -0.126. The highest BCUT2D eigenvalue weighted by molar-refractivity contribution is 9.10. The fourth-order valence-electron chi connectivity index (χ4n) is 5.68. The maximum atomic E-state index is 12.9. The SMILES string of the molecule is O=C(NCC1CCNCC1)C1CCN(C2c3ccc(Cl)cc3CCc3cc(Br)cnc32)CC1. The molecular formula is C26H32BrClN4O. The van der Waals surface area contributed by atoms with Crippen molar-refractivity contribution in [3.8, 4) is 0 Å². The second kappa shape index (κ2) is 10.4. The summed E-state index contributed by atoms with van der Waals surface area (Å²) >= 11 is 9.96. The van der Waals surface area contributed by atoms with Gasteiger partial charge >= 0.3 is 0 Å². The normalized spacial score (nSPS) is 22.3. The highest BCUT2D eigenvalue weighted by Gasteiger charge is 2.34. The number of nitrogens with one attached hydrogen (secondary N) is 2. The number of aromatic nitrogens is 1. The van der Waals surface area contributed by atoms with Crippen LogP contribution >= 0.6 is 27.5 Å². The Morgan fingerprint density at radius 3 is 2.67 bits per heavy atom. The molecule has 1 aromatic carbocycles. The summed E-state index contributed by atoms with van der Waals surface area (Å²) in [5.41, 5.74) is 5.06. The van der Waals surface area contributed by atoms with Crippen LogP contribution in [-0.2, 0) is 17.6 Å². The number of halogens is 2. The van der Waals surface area contributed by atoms with Crippen molar-refractivity contribution < 1.29 is 4.79 Å². The van der Waals surface area contributed by atoms with Crippen LogP contribution < -0.4 is 10.6 Å². The molecule has 3 aliphatic rings. The topological polar surface area (TPSA) is 57.3 Å². The van der Waals surface area contributed by atoms with Gasteiger partial charge in [0.25, 0.3) is 0 Å². The van der Waals surface area contributed by atoms with E-state index in [1.165, 1.54) is 16.7 Å². The minimum absolute atomic E-state index is 0.107. The van der Waals surface area contributed by atoms with E-state index in [0.29, 0.717) is 5.92 Å². The van der Waals surface area contributed by atoms with Crippen molar-refractivity contribution in [2.45, 2.75) is 44.6 Å². The molecule has 176 valence electrons. The summed E-state index contributed by atoms with van der Waals surface area (Å²) in [6.07, 6.45) is 7.94. The van der Waals surface area contributed by atoms with Crippen LogP contribution in [0.3, 0.4) is 0 Å². The summed E-state index contributed by atoms with van der Waals surface area (Å²) in [7, 11) is 0. The molecule has 3 heterocycles. The number of hydrogen-bond donors (Lipinski definition) is 2. The molecule has 1 atom stereocenters. The molecule has 1 amide bonds. The van der Waals surface area contributed by atoms with E-state index in [0.717, 1.165) is 86.4 Å². The van der Waals surface area contributed by atoms with Crippen LogP contribution in [0.5, 0.6) is 0 Å². The molecule has 2 fully saturated rings. The number of benzene rings is 1. The van der Waals surface area contributed by atoms with Gasteiger partial charge in [0.1, 0.15) is 0 Å². The van der Waals surface area contributed by atoms with Crippen LogP contribution in [0.2, 0.25) is 5.02 Å². The molecular weight excluding hydrogens is 500 g/mol. The van der Waals surface area contributed by atoms with E-state index in [9.17, 15) is 4.79 Å². The third kappa shape index (κ3) is 5.29. The van der Waals surface area contributed by atoms with Crippen molar-refractivity contribution in [1.29, 1.82) is 0 Å². The van der Waals surface area contributed by atoms with Crippen LogP contribution in [0.25, 0.3) is 0 Å². The first-order chi connectivity index (χ1) is 16.1. The Morgan fingerprint density at radius 2 is 1.88 bits per heavy atom. The summed E-state index contributed by atoms with van der Waals surface area (Å²) in [6.45, 7) is 4.76. The Balaban J connectivity index is 1.30. The molecule has 7 heteroatoms. The van der Waals surface area contributed by atoms with Crippen molar-refractivity contribution in [1.82, 2.24) is 20.5 Å². The Bertz CT molecular complexity index is 948. The van der Waals surface area contributed by atoms with E-state index in [1.54, 1.807) is 0 Å². The maximum absolute atomic E-state index is 12.9. The lowest BCUT2D eigenvalue weighted by Crippen LogP contribution is -2.44. The number of nitrogens with zero attached hydrogens (tertiary/aromatic N) is 2. The number of carbonyl (C=O) groups is 1. The molecule has 1 aliphatic carbocycles. The first kappa shape index (κ1) is 23.3. The van der Waals surface area contributed by atoms with E-state index in [1.807, 2.05) is 12.3 Å². The molecule has 2 saturated heterocycles. The summed E-state index contributed by atoms with van der Waals surface area (Å²) in [5, 5.41) is 7.43. The first-order valence-electron chi connectivity index (χ1n) is 12.2. The van der Waals surface area contributed by atoms with Crippen LogP contribution in [0.4, 0.5) is 0 Å². The molecule has 5 nitrogen and oxygen atoms in total. The summed E-state index contributed by atoms with van der Waals surface area (Å²) in [4.78, 5) is 20.3. The van der Waals surface area contributed by atoms with Gasteiger partial charge in [0, 0.05) is 28.2 Å². The minimum atomic E-state index is 0.107. The number of amides is 1. The molecule has 0 spiro atoms. The van der Waals surface area contributed by atoms with Gasteiger partial charge in [-0.25, -0.2) is 0 Å². The average molecular weight is 532 g/mol. The standard InChI is InChI=1S/C26H32BrClN4O/c27-21-13-20-2-1-19-14-22(28)3-4-23(19)25(24(20)30-16-21)32-11-7-18(8-12-32)26(33)31-15-17-5-9-29-10-6-17/h3-4,13-14,16-18,25,29H,1-2,5-12,15H2,(H,31,33). The fourth-order valence-corrected chi connectivity index (χ4v) is 6.25. The van der Waals surface area contributed by atoms with Crippen LogP contribution in [0, 0.1) is 11.8 Å². The molecule has 2 aromatic rings. The molecule has 2 aliphatic heterocycles. The quantitative estimate of drug-likeness (QED) is 0.609. The maximum Gasteiger partial charge on any atom is 0.223 e. The van der Waals surface area contributed by atoms with Gasteiger partial charge in [-0.05, 0) is 121 Å². The van der Waals surface area contributed by atoms with Crippen molar-refractivity contribution in [2.24, 2.45) is 11.8 Å². The van der Waals surface area contributed by atoms with E-state index < -0.39 is 0 Å². The Morgan fingerprint density at radius 1 is 1.12 bits per heavy atom. The van der Waals surface area contributed by atoms with Gasteiger partial charge in [-0.1, -0.05) is 17.7 Å². The highest BCUT2D eigenvalue weighted by Crippen LogP contribution is 2.39. The fraction of sp³-hybridized carbons (Fsp3) is 0.538. The molecule has 33 heavy (non-hydrogen) atoms. The molecule has 0 radical (unpaired) electrons. The zero-order chi connectivity index (χ0) is 22.8. The molecule has 1 aromatic heterocycles. The number of likely N-dealkylation sites (tertiary alicyclic amines) is 1. The lowest BCUT2D eigenvalue weighted by Gasteiger charge is -2.38. The Kier molecular flexibility index (Phi) is 7.36. The van der Waals surface area contributed by atoms with Crippen LogP contribution in [0.15, 0.2) is 34.9 Å². The van der Waals surface area contributed by atoms with Crippen molar-refractivity contribution in [3.05, 3.63) is 62.3 Å². The van der Waals surface area contributed by atoms with Crippen LogP contribution in [0.1, 0.15) is 54.1 Å². The summed E-state index contributed by atoms with van der Waals surface area (Å²) < 4.78 is 1.02. The number of hydrogen-bond acceptors (Lipinski definition) is 4. The van der Waals surface area contributed by atoms with Gasteiger partial charge in [-0.15, -0.1) is 0 Å². The van der Waals surface area contributed by atoms with E-state index in [-0.39, 0.29) is 17.9 Å². The molecule has 2 N–H and O–H groups in total. The van der Waals surface area contributed by atoms with Gasteiger partial charge in [-0.2, -0.15) is 0 Å². The van der Waals surface area contributed by atoms with Crippen molar-refractivity contribution in [3.63, 3.8) is 0 Å². The van der Waals surface area contributed by atoms with Gasteiger partial charge in [-0.3, -0.25) is 14.7 Å². The first-order valence-corrected chi connectivity index (χ1v) is 13.4. The van der Waals surface area contributed by atoms with Gasteiger partial charge in [0.2, 0.25) is 5.91 Å². The molecule has 0 bridgehead atoms. The zero-order valence-electron chi connectivity index (χ0n) is 19.0. The number of carbonyl (C=O) groups excluding carboxylic acids is 1. The third-order valence-corrected chi connectivity index (χ3v) is 8.25. The largest absolute Gasteiger partial charge is 0.356 e. The highest BCUT2D eigenvalue weighted by atomic mass is 79.9. The van der Waals surface area contributed by atoms with E-state index >= 15 is 0 Å². The second-order valence-electron chi connectivity index (χ2n) is 9.69. The third-order valence-electron chi connectivity index (χ3n) is 7.58. The zero-order valence-corrected chi connectivity index (χ0v) is 21.3. The summed E-state index contributed by atoms with van der Waals surface area (Å²) in [6, 6.07) is 8.62. The summed E-state index contributed by atoms with van der Waals surface area (Å²) in [5.74, 6) is 0.964. The number of piperidine rings is 2. The Hall–Kier alpha value is -1.47. The number of fused-ring (bicyclic) bond motifs is 2. The van der Waals surface area contributed by atoms with Gasteiger partial charge in [0.05, 0.1) is 11.7 Å². The average Bonchev–Trinajstić information content (AvgIpc) is 2.99. The minimum Gasteiger partial charge on any atom is -0.356 e. The molecule has 5 rings (SSSR count). The second-order valence-corrected chi connectivity index (χ2v) is 11.0. The lowest BCUT2D eigenvalue weighted by atomic mass is 9.90. The smallest absolute Gasteiger partial charge is 0.223 e. The monoisotopic (exact) mass is 530 g/mol. The number of aryl methyl sites for hydroxylation is 2. The molecule has 1 unspecified atom stereocenters. The number of pyridine rings is 1. The van der Waals surface area contributed by atoms with Gasteiger partial charge < -0.3 is 10.6 Å². The number of rotatable bonds is 4.